The van der Waals surface area contributed by atoms with Crippen LogP contribution in [0.2, 0.25) is 0 Å². The van der Waals surface area contributed by atoms with E-state index in [1.807, 2.05) is 26.8 Å². The molecule has 0 spiro atoms. The number of carbonyl (C=O) groups is 1. The van der Waals surface area contributed by atoms with Crippen molar-refractivity contribution in [3.8, 4) is 11.5 Å². The number of phenolic OH excluding ortho intramolecular Hbond substituents is 1. The molecule has 1 fully saturated rings. The molecule has 5 nitrogen and oxygen atoms in total. The van der Waals surface area contributed by atoms with E-state index >= 15 is 0 Å². The summed E-state index contributed by atoms with van der Waals surface area (Å²) in [7, 11) is 1.55. The van der Waals surface area contributed by atoms with E-state index in [0.29, 0.717) is 11.7 Å². The molecule has 5 heteroatoms. The Balaban J connectivity index is 1.87. The summed E-state index contributed by atoms with van der Waals surface area (Å²) in [5.74, 6) is 1.28. The van der Waals surface area contributed by atoms with Crippen molar-refractivity contribution in [1.29, 1.82) is 0 Å². The Labute approximate surface area is 145 Å². The minimum Gasteiger partial charge on any atom is -0.504 e. The fourth-order valence-corrected chi connectivity index (χ4v) is 3.06. The number of benzene rings is 1. The van der Waals surface area contributed by atoms with Gasteiger partial charge in [-0.1, -0.05) is 26.8 Å². The number of amides is 1. The minimum atomic E-state index is -0.338. The van der Waals surface area contributed by atoms with Crippen molar-refractivity contribution in [2.75, 3.05) is 26.7 Å². The number of ether oxygens (including phenoxy) is 1. The number of nitrogens with one attached hydrogen (secondary N) is 1. The summed E-state index contributed by atoms with van der Waals surface area (Å²) in [6.07, 6.45) is 2.28. The maximum absolute atomic E-state index is 12.0. The molecule has 0 bridgehead atoms. The van der Waals surface area contributed by atoms with Gasteiger partial charge in [0.1, 0.15) is 0 Å². The molecule has 1 aromatic carbocycles. The van der Waals surface area contributed by atoms with Gasteiger partial charge in [-0.2, -0.15) is 0 Å². The molecule has 0 unspecified atom stereocenters. The van der Waals surface area contributed by atoms with E-state index in [0.717, 1.165) is 44.6 Å². The molecule has 0 radical (unpaired) electrons. The zero-order chi connectivity index (χ0) is 17.7. The van der Waals surface area contributed by atoms with Gasteiger partial charge in [0, 0.05) is 25.0 Å². The van der Waals surface area contributed by atoms with E-state index in [4.69, 9.17) is 4.74 Å². The van der Waals surface area contributed by atoms with Crippen molar-refractivity contribution >= 4 is 5.91 Å². The minimum absolute atomic E-state index is 0.111. The van der Waals surface area contributed by atoms with E-state index in [1.165, 1.54) is 0 Å². The molecular formula is C19H30N2O3. The van der Waals surface area contributed by atoms with Crippen molar-refractivity contribution in [2.45, 2.75) is 40.2 Å². The molecule has 1 aliphatic rings. The van der Waals surface area contributed by atoms with Crippen molar-refractivity contribution in [1.82, 2.24) is 10.2 Å². The number of rotatable bonds is 5. The second-order valence-corrected chi connectivity index (χ2v) is 7.71. The van der Waals surface area contributed by atoms with E-state index in [2.05, 4.69) is 10.2 Å². The number of phenols is 1. The normalized spacial score (nSPS) is 19.1. The van der Waals surface area contributed by atoms with Gasteiger partial charge < -0.3 is 15.2 Å². The predicted octanol–water partition coefficient (Wildman–Crippen LogP) is 2.78. The molecule has 2 N–H and O–H groups in total. The third-order valence-corrected chi connectivity index (χ3v) is 4.49. The highest BCUT2D eigenvalue weighted by molar-refractivity contribution is 5.81. The Kier molecular flexibility index (Phi) is 6.10. The monoisotopic (exact) mass is 334 g/mol. The van der Waals surface area contributed by atoms with Gasteiger partial charge in [0.15, 0.2) is 11.5 Å². The molecule has 1 saturated heterocycles. The molecule has 0 aromatic heterocycles. The summed E-state index contributed by atoms with van der Waals surface area (Å²) in [5, 5.41) is 13.0. The van der Waals surface area contributed by atoms with E-state index in [-0.39, 0.29) is 17.1 Å². The average Bonchev–Trinajstić information content (AvgIpc) is 2.52. The molecule has 2 rings (SSSR count). The lowest BCUT2D eigenvalue weighted by Gasteiger charge is -2.33. The molecule has 0 saturated carbocycles. The first-order valence-electron chi connectivity index (χ1n) is 8.66. The van der Waals surface area contributed by atoms with Gasteiger partial charge in [-0.25, -0.2) is 0 Å². The predicted molar refractivity (Wildman–Crippen MR) is 95.1 cm³/mol. The molecule has 0 aliphatic carbocycles. The SMILES string of the molecule is COc1ccc(CN2CCC[C@@H](CNC(=O)C(C)(C)C)C2)cc1O. The first-order chi connectivity index (χ1) is 11.3. The van der Waals surface area contributed by atoms with Gasteiger partial charge in [0.2, 0.25) is 5.91 Å². The summed E-state index contributed by atoms with van der Waals surface area (Å²) in [6, 6.07) is 5.56. The van der Waals surface area contributed by atoms with Crippen molar-refractivity contribution < 1.29 is 14.6 Å². The third-order valence-electron chi connectivity index (χ3n) is 4.49. The number of hydrogen-bond acceptors (Lipinski definition) is 4. The number of carbonyl (C=O) groups excluding carboxylic acids is 1. The number of hydrogen-bond donors (Lipinski definition) is 2. The van der Waals surface area contributed by atoms with Crippen molar-refractivity contribution in [2.24, 2.45) is 11.3 Å². The molecule has 24 heavy (non-hydrogen) atoms. The van der Waals surface area contributed by atoms with Gasteiger partial charge in [-0.3, -0.25) is 9.69 Å². The zero-order valence-corrected chi connectivity index (χ0v) is 15.3. The van der Waals surface area contributed by atoms with Crippen LogP contribution in [0, 0.1) is 11.3 Å². The molecular weight excluding hydrogens is 304 g/mol. The van der Waals surface area contributed by atoms with Gasteiger partial charge in [-0.05, 0) is 43.0 Å². The lowest BCUT2D eigenvalue weighted by molar-refractivity contribution is -0.128. The summed E-state index contributed by atoms with van der Waals surface area (Å²) >= 11 is 0. The van der Waals surface area contributed by atoms with Crippen LogP contribution in [-0.2, 0) is 11.3 Å². The molecule has 1 aromatic rings. The van der Waals surface area contributed by atoms with Crippen LogP contribution >= 0.6 is 0 Å². The second-order valence-electron chi connectivity index (χ2n) is 7.71. The van der Waals surface area contributed by atoms with Gasteiger partial charge in [-0.15, -0.1) is 0 Å². The fraction of sp³-hybridized carbons (Fsp3) is 0.632. The third kappa shape index (κ3) is 5.13. The standard InChI is InChI=1S/C19H30N2O3/c1-19(2,3)18(23)20-11-15-6-5-9-21(13-15)12-14-7-8-17(24-4)16(22)10-14/h7-8,10,15,22H,5-6,9,11-13H2,1-4H3,(H,20,23)/t15-/m0/s1. The quantitative estimate of drug-likeness (QED) is 0.869. The highest BCUT2D eigenvalue weighted by Crippen LogP contribution is 2.27. The Hall–Kier alpha value is -1.75. The molecule has 1 atom stereocenters. The smallest absolute Gasteiger partial charge is 0.225 e. The summed E-state index contributed by atoms with van der Waals surface area (Å²) in [4.78, 5) is 14.4. The first-order valence-corrected chi connectivity index (χ1v) is 8.66. The molecule has 1 amide bonds. The number of likely N-dealkylation sites (tertiary alicyclic amines) is 1. The number of methoxy groups -OCH3 is 1. The Morgan fingerprint density at radius 1 is 1.42 bits per heavy atom. The van der Waals surface area contributed by atoms with Crippen LogP contribution in [0.15, 0.2) is 18.2 Å². The number of aromatic hydroxyl groups is 1. The lowest BCUT2D eigenvalue weighted by Crippen LogP contribution is -2.43. The second kappa shape index (κ2) is 7.88. The largest absolute Gasteiger partial charge is 0.504 e. The van der Waals surface area contributed by atoms with Crippen LogP contribution in [-0.4, -0.2) is 42.7 Å². The van der Waals surface area contributed by atoms with E-state index < -0.39 is 0 Å². The summed E-state index contributed by atoms with van der Waals surface area (Å²) < 4.78 is 5.08. The molecule has 134 valence electrons. The van der Waals surface area contributed by atoms with E-state index in [1.54, 1.807) is 19.2 Å². The maximum Gasteiger partial charge on any atom is 0.225 e. The highest BCUT2D eigenvalue weighted by atomic mass is 16.5. The number of nitrogens with zero attached hydrogens (tertiary/aromatic N) is 1. The van der Waals surface area contributed by atoms with Crippen LogP contribution in [0.4, 0.5) is 0 Å². The summed E-state index contributed by atoms with van der Waals surface area (Å²) in [6.45, 7) is 9.37. The van der Waals surface area contributed by atoms with Crippen molar-refractivity contribution in [3.63, 3.8) is 0 Å². The van der Waals surface area contributed by atoms with Gasteiger partial charge in [0.05, 0.1) is 7.11 Å². The van der Waals surface area contributed by atoms with Crippen LogP contribution in [0.3, 0.4) is 0 Å². The summed E-state index contributed by atoms with van der Waals surface area (Å²) in [5.41, 5.74) is 0.738. The molecule has 1 aliphatic heterocycles. The van der Waals surface area contributed by atoms with Crippen LogP contribution < -0.4 is 10.1 Å². The first kappa shape index (κ1) is 18.6. The lowest BCUT2D eigenvalue weighted by atomic mass is 9.94. The van der Waals surface area contributed by atoms with Gasteiger partial charge >= 0.3 is 0 Å². The zero-order valence-electron chi connectivity index (χ0n) is 15.3. The fourth-order valence-electron chi connectivity index (χ4n) is 3.06. The Morgan fingerprint density at radius 2 is 2.17 bits per heavy atom. The number of piperidine rings is 1. The molecule has 1 heterocycles. The Bertz CT molecular complexity index is 566. The highest BCUT2D eigenvalue weighted by Gasteiger charge is 2.24. The van der Waals surface area contributed by atoms with Crippen molar-refractivity contribution in [3.05, 3.63) is 23.8 Å². The van der Waals surface area contributed by atoms with E-state index in [9.17, 15) is 9.90 Å². The Morgan fingerprint density at radius 3 is 2.79 bits per heavy atom. The van der Waals surface area contributed by atoms with Crippen LogP contribution in [0.25, 0.3) is 0 Å². The van der Waals surface area contributed by atoms with Gasteiger partial charge in [0.25, 0.3) is 0 Å². The maximum atomic E-state index is 12.0. The topological polar surface area (TPSA) is 61.8 Å². The van der Waals surface area contributed by atoms with Crippen LogP contribution in [0.1, 0.15) is 39.2 Å². The van der Waals surface area contributed by atoms with Crippen LogP contribution in [0.5, 0.6) is 11.5 Å². The average molecular weight is 334 g/mol.